The topological polar surface area (TPSA) is 158 Å². The van der Waals surface area contributed by atoms with Crippen molar-refractivity contribution in [3.63, 3.8) is 0 Å². The van der Waals surface area contributed by atoms with Crippen LogP contribution in [0.2, 0.25) is 0 Å². The number of ether oxygens (including phenoxy) is 1. The number of benzene rings is 4. The summed E-state index contributed by atoms with van der Waals surface area (Å²) in [5.41, 5.74) is 0.730. The summed E-state index contributed by atoms with van der Waals surface area (Å²) < 4.78 is 5.46. The van der Waals surface area contributed by atoms with Crippen LogP contribution in [0, 0.1) is 0 Å². The summed E-state index contributed by atoms with van der Waals surface area (Å²) in [4.78, 5) is 42.8. The number of hydrogen-bond donors (Lipinski definition) is 4. The summed E-state index contributed by atoms with van der Waals surface area (Å²) in [6.07, 6.45) is 0. The zero-order valence-electron chi connectivity index (χ0n) is 17.9. The third-order valence-corrected chi connectivity index (χ3v) is 4.77. The molecule has 0 saturated heterocycles. The van der Waals surface area contributed by atoms with Crippen molar-refractivity contribution in [3.8, 4) is 11.5 Å². The van der Waals surface area contributed by atoms with Crippen molar-refractivity contribution in [1.82, 2.24) is 0 Å². The lowest BCUT2D eigenvalue weighted by molar-refractivity contribution is 0.0686. The van der Waals surface area contributed by atoms with Gasteiger partial charge in [0.2, 0.25) is 0 Å². The lowest BCUT2D eigenvalue weighted by Crippen LogP contribution is -1.97. The predicted octanol–water partition coefficient (Wildman–Crippen LogP) is 5.11. The van der Waals surface area contributed by atoms with Gasteiger partial charge < -0.3 is 25.2 Å². The van der Waals surface area contributed by atoms with Crippen LogP contribution in [-0.4, -0.2) is 44.3 Å². The third kappa shape index (κ3) is 6.42. The van der Waals surface area contributed by atoms with Gasteiger partial charge in [-0.1, -0.05) is 12.1 Å². The van der Waals surface area contributed by atoms with Gasteiger partial charge in [0.1, 0.15) is 11.5 Å². The standard InChI is InChI=1S/C14H10O5.C12H8O4/c15-13(16)9-1-5-11(6-2-9)19-12-7-3-10(4-8-12)14(17)18;13-11(14)9-3-1-7-5-10(12(15)16)4-2-8(7)6-9/h1-8H,(H,15,16)(H,17,18);1-6H,(H,13,14)(H,15,16). The van der Waals surface area contributed by atoms with Crippen LogP contribution in [0.3, 0.4) is 0 Å². The molecule has 0 unspecified atom stereocenters. The molecular weight excluding hydrogens is 456 g/mol. The number of aromatic carboxylic acids is 4. The third-order valence-electron chi connectivity index (χ3n) is 4.77. The number of carboxylic acids is 4. The van der Waals surface area contributed by atoms with Gasteiger partial charge in [0.05, 0.1) is 22.3 Å². The Bertz CT molecular complexity index is 1300. The molecule has 35 heavy (non-hydrogen) atoms. The van der Waals surface area contributed by atoms with Crippen LogP contribution in [0.4, 0.5) is 0 Å². The van der Waals surface area contributed by atoms with Crippen LogP contribution in [0.25, 0.3) is 10.8 Å². The highest BCUT2D eigenvalue weighted by molar-refractivity contribution is 5.98. The Morgan fingerprint density at radius 3 is 1.00 bits per heavy atom. The Kier molecular flexibility index (Phi) is 7.43. The molecule has 9 nitrogen and oxygen atoms in total. The summed E-state index contributed by atoms with van der Waals surface area (Å²) in [5.74, 6) is -3.04. The van der Waals surface area contributed by atoms with Gasteiger partial charge in [-0.3, -0.25) is 0 Å². The van der Waals surface area contributed by atoms with Crippen molar-refractivity contribution in [2.75, 3.05) is 0 Å². The van der Waals surface area contributed by atoms with Crippen LogP contribution < -0.4 is 4.74 Å². The Labute approximate surface area is 198 Å². The van der Waals surface area contributed by atoms with E-state index in [0.717, 1.165) is 0 Å². The average Bonchev–Trinajstić information content (AvgIpc) is 2.84. The summed E-state index contributed by atoms with van der Waals surface area (Å²) in [7, 11) is 0. The fourth-order valence-electron chi connectivity index (χ4n) is 2.98. The molecule has 0 amide bonds. The molecule has 0 saturated carbocycles. The Balaban J connectivity index is 0.000000198. The van der Waals surface area contributed by atoms with Gasteiger partial charge in [0.25, 0.3) is 0 Å². The maximum Gasteiger partial charge on any atom is 0.335 e. The first-order chi connectivity index (χ1) is 16.6. The molecular formula is C26H18O9. The second-order valence-corrected chi connectivity index (χ2v) is 7.15. The van der Waals surface area contributed by atoms with Gasteiger partial charge in [0, 0.05) is 0 Å². The summed E-state index contributed by atoms with van der Waals surface area (Å²) >= 11 is 0. The van der Waals surface area contributed by atoms with Gasteiger partial charge in [0.15, 0.2) is 0 Å². The minimum atomic E-state index is -1.00. The number of carbonyl (C=O) groups is 4. The zero-order valence-corrected chi connectivity index (χ0v) is 17.9. The predicted molar refractivity (Wildman–Crippen MR) is 125 cm³/mol. The van der Waals surface area contributed by atoms with E-state index in [1.54, 1.807) is 12.1 Å². The minimum absolute atomic E-state index is 0.175. The van der Waals surface area contributed by atoms with Gasteiger partial charge in [-0.25, -0.2) is 19.2 Å². The van der Waals surface area contributed by atoms with Crippen molar-refractivity contribution in [2.45, 2.75) is 0 Å². The molecule has 4 rings (SSSR count). The second-order valence-electron chi connectivity index (χ2n) is 7.15. The second kappa shape index (κ2) is 10.6. The molecule has 0 radical (unpaired) electrons. The lowest BCUT2D eigenvalue weighted by Gasteiger charge is -2.06. The molecule has 0 aliphatic rings. The van der Waals surface area contributed by atoms with Crippen molar-refractivity contribution >= 4 is 34.6 Å². The van der Waals surface area contributed by atoms with E-state index in [1.165, 1.54) is 72.8 Å². The van der Waals surface area contributed by atoms with E-state index in [2.05, 4.69) is 0 Å². The molecule has 0 spiro atoms. The molecule has 0 bridgehead atoms. The van der Waals surface area contributed by atoms with E-state index in [9.17, 15) is 19.2 Å². The first kappa shape index (κ1) is 24.5. The summed E-state index contributed by atoms with van der Waals surface area (Å²) in [5, 5.41) is 36.5. The lowest BCUT2D eigenvalue weighted by atomic mass is 10.0. The van der Waals surface area contributed by atoms with Crippen LogP contribution in [-0.2, 0) is 0 Å². The number of carboxylic acid groups (broad SMARTS) is 4. The van der Waals surface area contributed by atoms with Gasteiger partial charge in [-0.05, 0) is 83.6 Å². The van der Waals surface area contributed by atoms with Crippen molar-refractivity contribution in [2.24, 2.45) is 0 Å². The Morgan fingerprint density at radius 2 is 0.714 bits per heavy atom. The molecule has 0 atom stereocenters. The van der Waals surface area contributed by atoms with Crippen LogP contribution in [0.5, 0.6) is 11.5 Å². The molecule has 4 aromatic carbocycles. The highest BCUT2D eigenvalue weighted by Crippen LogP contribution is 2.22. The highest BCUT2D eigenvalue weighted by atomic mass is 16.5. The van der Waals surface area contributed by atoms with E-state index >= 15 is 0 Å². The quantitative estimate of drug-likeness (QED) is 0.298. The van der Waals surface area contributed by atoms with E-state index < -0.39 is 23.9 Å². The van der Waals surface area contributed by atoms with Crippen LogP contribution in [0.15, 0.2) is 84.9 Å². The van der Waals surface area contributed by atoms with Crippen LogP contribution in [0.1, 0.15) is 41.4 Å². The molecule has 9 heteroatoms. The minimum Gasteiger partial charge on any atom is -0.478 e. The SMILES string of the molecule is O=C(O)c1ccc(Oc2ccc(C(=O)O)cc2)cc1.O=C(O)c1ccc2cc(C(=O)O)ccc2c1. The summed E-state index contributed by atoms with van der Waals surface area (Å²) in [6, 6.07) is 21.0. The molecule has 0 heterocycles. The molecule has 176 valence electrons. The maximum atomic E-state index is 10.7. The number of rotatable bonds is 6. The van der Waals surface area contributed by atoms with Gasteiger partial charge in [-0.15, -0.1) is 0 Å². The van der Waals surface area contributed by atoms with Crippen molar-refractivity contribution < 1.29 is 44.3 Å². The average molecular weight is 474 g/mol. The van der Waals surface area contributed by atoms with Gasteiger partial charge in [-0.2, -0.15) is 0 Å². The van der Waals surface area contributed by atoms with Crippen LogP contribution >= 0.6 is 0 Å². The van der Waals surface area contributed by atoms with E-state index in [-0.39, 0.29) is 22.3 Å². The fraction of sp³-hybridized carbons (Fsp3) is 0. The molecule has 0 fully saturated rings. The number of hydrogen-bond acceptors (Lipinski definition) is 5. The summed E-state index contributed by atoms with van der Waals surface area (Å²) in [6.45, 7) is 0. The highest BCUT2D eigenvalue weighted by Gasteiger charge is 2.07. The van der Waals surface area contributed by atoms with E-state index in [4.69, 9.17) is 25.2 Å². The van der Waals surface area contributed by atoms with E-state index in [1.807, 2.05) is 0 Å². The molecule has 4 N–H and O–H groups in total. The molecule has 0 aliphatic heterocycles. The fourth-order valence-corrected chi connectivity index (χ4v) is 2.98. The normalized spacial score (nSPS) is 10.1. The van der Waals surface area contributed by atoms with Crippen molar-refractivity contribution in [3.05, 3.63) is 107 Å². The Hall–Kier alpha value is -5.18. The molecule has 0 aliphatic carbocycles. The monoisotopic (exact) mass is 474 g/mol. The first-order valence-corrected chi connectivity index (χ1v) is 9.99. The van der Waals surface area contributed by atoms with E-state index in [0.29, 0.717) is 22.3 Å². The molecule has 0 aromatic heterocycles. The first-order valence-electron chi connectivity index (χ1n) is 9.99. The number of fused-ring (bicyclic) bond motifs is 1. The smallest absolute Gasteiger partial charge is 0.335 e. The zero-order chi connectivity index (χ0) is 25.5. The van der Waals surface area contributed by atoms with Crippen molar-refractivity contribution in [1.29, 1.82) is 0 Å². The molecule has 4 aromatic rings. The van der Waals surface area contributed by atoms with Gasteiger partial charge >= 0.3 is 23.9 Å². The largest absolute Gasteiger partial charge is 0.478 e. The Morgan fingerprint density at radius 1 is 0.429 bits per heavy atom. The maximum absolute atomic E-state index is 10.7.